The Morgan fingerprint density at radius 2 is 1.95 bits per heavy atom. The summed E-state index contributed by atoms with van der Waals surface area (Å²) in [5.74, 6) is 0. The normalized spacial score (nSPS) is 10.9. The molecule has 0 bridgehead atoms. The number of aryl methyl sites for hydroxylation is 4. The summed E-state index contributed by atoms with van der Waals surface area (Å²) >= 11 is 1.65. The summed E-state index contributed by atoms with van der Waals surface area (Å²) in [6, 6.07) is 8.57. The maximum Gasteiger partial charge on any atom is 0.183 e. The Labute approximate surface area is 134 Å². The topological polar surface area (TPSA) is 42.7 Å². The zero-order chi connectivity index (χ0) is 15.7. The fraction of sp³-hybridized carbons (Fsp3) is 0.294. The molecule has 1 aromatic carbocycles. The third-order valence-corrected chi connectivity index (χ3v) is 4.90. The first-order valence-corrected chi connectivity index (χ1v) is 8.12. The van der Waals surface area contributed by atoms with Crippen molar-refractivity contribution in [2.24, 2.45) is 7.05 Å². The highest BCUT2D eigenvalue weighted by molar-refractivity contribution is 7.19. The Hall–Kier alpha value is -2.14. The van der Waals surface area contributed by atoms with Crippen LogP contribution in [0.3, 0.4) is 0 Å². The second-order valence-corrected chi connectivity index (χ2v) is 6.58. The quantitative estimate of drug-likeness (QED) is 0.789. The summed E-state index contributed by atoms with van der Waals surface area (Å²) < 4.78 is 1.82. The van der Waals surface area contributed by atoms with Gasteiger partial charge in [-0.05, 0) is 43.5 Å². The lowest BCUT2D eigenvalue weighted by Gasteiger charge is -2.06. The molecule has 1 N–H and O–H groups in total. The van der Waals surface area contributed by atoms with E-state index in [1.807, 2.05) is 30.9 Å². The Morgan fingerprint density at radius 3 is 2.64 bits per heavy atom. The highest BCUT2D eigenvalue weighted by Gasteiger charge is 2.11. The van der Waals surface area contributed by atoms with E-state index in [9.17, 15) is 0 Å². The van der Waals surface area contributed by atoms with Crippen LogP contribution < -0.4 is 5.32 Å². The number of hydrogen-bond donors (Lipinski definition) is 1. The van der Waals surface area contributed by atoms with Gasteiger partial charge < -0.3 is 5.32 Å². The van der Waals surface area contributed by atoms with Crippen LogP contribution in [0.1, 0.15) is 22.4 Å². The van der Waals surface area contributed by atoms with Crippen LogP contribution >= 0.6 is 11.3 Å². The zero-order valence-electron chi connectivity index (χ0n) is 13.3. The minimum absolute atomic E-state index is 0.787. The minimum Gasteiger partial charge on any atom is -0.357 e. The molecule has 0 saturated carbocycles. The van der Waals surface area contributed by atoms with Gasteiger partial charge in [0.05, 0.1) is 10.6 Å². The van der Waals surface area contributed by atoms with Crippen molar-refractivity contribution in [3.8, 4) is 10.6 Å². The molecule has 0 saturated heterocycles. The van der Waals surface area contributed by atoms with E-state index in [2.05, 4.69) is 47.4 Å². The van der Waals surface area contributed by atoms with Gasteiger partial charge in [-0.2, -0.15) is 5.10 Å². The summed E-state index contributed by atoms with van der Waals surface area (Å²) in [7, 11) is 1.93. The van der Waals surface area contributed by atoms with E-state index >= 15 is 0 Å². The largest absolute Gasteiger partial charge is 0.357 e. The molecule has 22 heavy (non-hydrogen) atoms. The summed E-state index contributed by atoms with van der Waals surface area (Å²) in [6.45, 7) is 7.10. The van der Waals surface area contributed by atoms with Crippen LogP contribution in [0.25, 0.3) is 10.6 Å². The van der Waals surface area contributed by atoms with Crippen molar-refractivity contribution >= 4 is 16.5 Å². The molecule has 0 aliphatic rings. The number of nitrogens with zero attached hydrogens (tertiary/aromatic N) is 3. The van der Waals surface area contributed by atoms with Gasteiger partial charge in [0.1, 0.15) is 5.69 Å². The van der Waals surface area contributed by atoms with Crippen LogP contribution in [0.4, 0.5) is 5.13 Å². The number of aromatic nitrogens is 3. The fourth-order valence-electron chi connectivity index (χ4n) is 2.34. The number of benzene rings is 1. The number of thiazole rings is 1. The molecule has 0 unspecified atom stereocenters. The molecule has 5 heteroatoms. The van der Waals surface area contributed by atoms with Gasteiger partial charge in [0, 0.05) is 19.8 Å². The number of anilines is 1. The van der Waals surface area contributed by atoms with Crippen molar-refractivity contribution < 1.29 is 0 Å². The van der Waals surface area contributed by atoms with E-state index < -0.39 is 0 Å². The highest BCUT2D eigenvalue weighted by atomic mass is 32.1. The molecule has 0 atom stereocenters. The molecule has 0 aliphatic heterocycles. The lowest BCUT2D eigenvalue weighted by molar-refractivity contribution is 0.771. The van der Waals surface area contributed by atoms with Gasteiger partial charge in [0.25, 0.3) is 0 Å². The molecule has 0 spiro atoms. The number of nitrogens with one attached hydrogen (secondary N) is 1. The molecule has 4 nitrogen and oxygen atoms in total. The van der Waals surface area contributed by atoms with Crippen molar-refractivity contribution in [2.75, 3.05) is 5.32 Å². The van der Waals surface area contributed by atoms with Crippen LogP contribution in [0.5, 0.6) is 0 Å². The minimum atomic E-state index is 0.787. The molecule has 0 amide bonds. The SMILES string of the molecule is Cc1ccc(CNc2nc(C)c(-c3ccn(C)n3)s2)cc1C. The van der Waals surface area contributed by atoms with Crippen molar-refractivity contribution in [1.82, 2.24) is 14.8 Å². The van der Waals surface area contributed by atoms with E-state index in [1.54, 1.807) is 11.3 Å². The Bertz CT molecular complexity index is 801. The van der Waals surface area contributed by atoms with Gasteiger partial charge >= 0.3 is 0 Å². The first kappa shape index (κ1) is 14.8. The van der Waals surface area contributed by atoms with Crippen LogP contribution in [0.2, 0.25) is 0 Å². The summed E-state index contributed by atoms with van der Waals surface area (Å²) in [5, 5.41) is 8.81. The van der Waals surface area contributed by atoms with E-state index in [-0.39, 0.29) is 0 Å². The molecule has 0 fully saturated rings. The molecule has 3 rings (SSSR count). The predicted octanol–water partition coefficient (Wildman–Crippen LogP) is 4.08. The fourth-order valence-corrected chi connectivity index (χ4v) is 3.26. The molecule has 2 heterocycles. The van der Waals surface area contributed by atoms with Gasteiger partial charge in [0.2, 0.25) is 0 Å². The average Bonchev–Trinajstić information content (AvgIpc) is 3.06. The molecule has 2 aromatic heterocycles. The maximum absolute atomic E-state index is 4.61. The first-order valence-electron chi connectivity index (χ1n) is 7.30. The molecular weight excluding hydrogens is 292 g/mol. The summed E-state index contributed by atoms with van der Waals surface area (Å²) in [5.41, 5.74) is 5.92. The van der Waals surface area contributed by atoms with Crippen molar-refractivity contribution in [1.29, 1.82) is 0 Å². The molecule has 3 aromatic rings. The van der Waals surface area contributed by atoms with Crippen molar-refractivity contribution in [3.63, 3.8) is 0 Å². The Morgan fingerprint density at radius 1 is 1.14 bits per heavy atom. The summed E-state index contributed by atoms with van der Waals surface area (Å²) in [4.78, 5) is 5.74. The van der Waals surface area contributed by atoms with E-state index in [0.717, 1.165) is 27.9 Å². The van der Waals surface area contributed by atoms with E-state index in [4.69, 9.17) is 0 Å². The zero-order valence-corrected chi connectivity index (χ0v) is 14.2. The van der Waals surface area contributed by atoms with Crippen molar-refractivity contribution in [3.05, 3.63) is 52.8 Å². The third kappa shape index (κ3) is 3.04. The summed E-state index contributed by atoms with van der Waals surface area (Å²) in [6.07, 6.45) is 1.96. The Balaban J connectivity index is 1.75. The molecule has 114 valence electrons. The predicted molar refractivity (Wildman–Crippen MR) is 92.3 cm³/mol. The maximum atomic E-state index is 4.61. The number of rotatable bonds is 4. The van der Waals surface area contributed by atoms with Crippen molar-refractivity contribution in [2.45, 2.75) is 27.3 Å². The van der Waals surface area contributed by atoms with E-state index in [1.165, 1.54) is 16.7 Å². The second-order valence-electron chi connectivity index (χ2n) is 5.58. The van der Waals surface area contributed by atoms with Crippen LogP contribution in [-0.4, -0.2) is 14.8 Å². The lowest BCUT2D eigenvalue weighted by atomic mass is 10.1. The molecule has 0 radical (unpaired) electrons. The molecule has 0 aliphatic carbocycles. The molecular formula is C17H20N4S. The van der Waals surface area contributed by atoms with Gasteiger partial charge in [-0.15, -0.1) is 0 Å². The van der Waals surface area contributed by atoms with Gasteiger partial charge in [-0.1, -0.05) is 29.5 Å². The van der Waals surface area contributed by atoms with Gasteiger partial charge in [0.15, 0.2) is 5.13 Å². The second kappa shape index (κ2) is 5.93. The third-order valence-electron chi connectivity index (χ3n) is 3.76. The smallest absolute Gasteiger partial charge is 0.183 e. The lowest BCUT2D eigenvalue weighted by Crippen LogP contribution is -1.99. The highest BCUT2D eigenvalue weighted by Crippen LogP contribution is 2.31. The number of hydrogen-bond acceptors (Lipinski definition) is 4. The van der Waals surface area contributed by atoms with Crippen LogP contribution in [0, 0.1) is 20.8 Å². The monoisotopic (exact) mass is 312 g/mol. The van der Waals surface area contributed by atoms with E-state index in [0.29, 0.717) is 0 Å². The Kier molecular flexibility index (Phi) is 3.98. The van der Waals surface area contributed by atoms with Gasteiger partial charge in [-0.3, -0.25) is 4.68 Å². The average molecular weight is 312 g/mol. The van der Waals surface area contributed by atoms with Crippen LogP contribution in [-0.2, 0) is 13.6 Å². The van der Waals surface area contributed by atoms with Gasteiger partial charge in [-0.25, -0.2) is 4.98 Å². The van der Waals surface area contributed by atoms with Crippen LogP contribution in [0.15, 0.2) is 30.5 Å². The standard InChI is InChI=1S/C17H20N4S/c1-11-5-6-14(9-12(11)2)10-18-17-19-13(3)16(22-17)15-7-8-21(4)20-15/h5-9H,10H2,1-4H3,(H,18,19). The first-order chi connectivity index (χ1) is 10.5.